The summed E-state index contributed by atoms with van der Waals surface area (Å²) < 4.78 is 5.46. The summed E-state index contributed by atoms with van der Waals surface area (Å²) in [6.45, 7) is 5.79. The first-order valence-electron chi connectivity index (χ1n) is 9.30. The Hall–Kier alpha value is -2.45. The number of nitrogens with zero attached hydrogens (tertiary/aromatic N) is 2. The first kappa shape index (κ1) is 19.3. The number of nitriles is 1. The van der Waals surface area contributed by atoms with Crippen molar-refractivity contribution in [3.05, 3.63) is 70.5 Å². The second-order valence-electron chi connectivity index (χ2n) is 6.96. The standard InChI is InChI=1S/C22H25N3OS/c1-15(2)26-12-6-9-18(13-16(3)14-23)21-24-25-22(27-21)20-11-5-8-17-7-4-10-19(17)20/h5-6,8-9,11-13,15,21,24H,4,7,10H2,1-3H3/b12-6+,16-13+,18-9+. The van der Waals surface area contributed by atoms with Crippen LogP contribution in [0.2, 0.25) is 0 Å². The Morgan fingerprint density at radius 2 is 2.26 bits per heavy atom. The van der Waals surface area contributed by atoms with E-state index in [-0.39, 0.29) is 11.5 Å². The Bertz CT molecular complexity index is 859. The number of benzene rings is 1. The molecule has 0 bridgehead atoms. The van der Waals surface area contributed by atoms with E-state index in [2.05, 4.69) is 34.8 Å². The lowest BCUT2D eigenvalue weighted by atomic mass is 10.0. The normalized spacial score (nSPS) is 19.8. The molecule has 0 amide bonds. The first-order chi connectivity index (χ1) is 13.1. The third-order valence-corrected chi connectivity index (χ3v) is 5.62. The quantitative estimate of drug-likeness (QED) is 0.437. The fourth-order valence-electron chi connectivity index (χ4n) is 3.21. The molecule has 1 aromatic rings. The maximum absolute atomic E-state index is 9.16. The summed E-state index contributed by atoms with van der Waals surface area (Å²) in [5.41, 5.74) is 9.01. The van der Waals surface area contributed by atoms with Crippen LogP contribution in [0.1, 0.15) is 43.9 Å². The van der Waals surface area contributed by atoms with Crippen molar-refractivity contribution < 1.29 is 4.74 Å². The Morgan fingerprint density at radius 1 is 1.41 bits per heavy atom. The molecule has 5 heteroatoms. The zero-order chi connectivity index (χ0) is 19.2. The van der Waals surface area contributed by atoms with Crippen molar-refractivity contribution in [2.45, 2.75) is 51.5 Å². The lowest BCUT2D eigenvalue weighted by Gasteiger charge is -2.12. The molecule has 1 atom stereocenters. The maximum atomic E-state index is 9.16. The van der Waals surface area contributed by atoms with Gasteiger partial charge in [-0.15, -0.1) is 0 Å². The molecule has 4 nitrogen and oxygen atoms in total. The molecule has 140 valence electrons. The van der Waals surface area contributed by atoms with Gasteiger partial charge >= 0.3 is 0 Å². The van der Waals surface area contributed by atoms with Gasteiger partial charge in [0, 0.05) is 11.1 Å². The summed E-state index contributed by atoms with van der Waals surface area (Å²) in [5.74, 6) is 0. The highest BCUT2D eigenvalue weighted by molar-refractivity contribution is 8.15. The minimum Gasteiger partial charge on any atom is -0.499 e. The van der Waals surface area contributed by atoms with Gasteiger partial charge < -0.3 is 4.74 Å². The number of fused-ring (bicyclic) bond motifs is 1. The number of thioether (sulfide) groups is 1. The highest BCUT2D eigenvalue weighted by Gasteiger charge is 2.26. The monoisotopic (exact) mass is 379 g/mol. The van der Waals surface area contributed by atoms with Crippen LogP contribution in [0, 0.1) is 11.3 Å². The van der Waals surface area contributed by atoms with Crippen LogP contribution in [0.4, 0.5) is 0 Å². The molecular formula is C22H25N3OS. The zero-order valence-corrected chi connectivity index (χ0v) is 16.8. The van der Waals surface area contributed by atoms with Crippen LogP contribution >= 0.6 is 11.8 Å². The second-order valence-corrected chi connectivity index (χ2v) is 8.05. The first-order valence-corrected chi connectivity index (χ1v) is 10.2. The molecule has 1 aliphatic carbocycles. The smallest absolute Gasteiger partial charge is 0.126 e. The van der Waals surface area contributed by atoms with Crippen LogP contribution in [0.3, 0.4) is 0 Å². The SMILES string of the molecule is C\C(C#N)=C/C(=C\C=C\OC(C)C)C1NN=C(c2cccc3c2CCC3)S1. The third kappa shape index (κ3) is 4.84. The summed E-state index contributed by atoms with van der Waals surface area (Å²) in [7, 11) is 0. The molecule has 1 N–H and O–H groups in total. The van der Waals surface area contributed by atoms with Crippen molar-refractivity contribution in [3.63, 3.8) is 0 Å². The van der Waals surface area contributed by atoms with Gasteiger partial charge in [-0.25, -0.2) is 0 Å². The number of allylic oxidation sites excluding steroid dienone is 3. The van der Waals surface area contributed by atoms with E-state index in [1.807, 2.05) is 39.0 Å². The summed E-state index contributed by atoms with van der Waals surface area (Å²) in [5, 5.41) is 14.8. The van der Waals surface area contributed by atoms with E-state index in [9.17, 15) is 0 Å². The highest BCUT2D eigenvalue weighted by Crippen LogP contribution is 2.33. The van der Waals surface area contributed by atoms with Gasteiger partial charge in [-0.2, -0.15) is 10.4 Å². The molecule has 0 saturated carbocycles. The van der Waals surface area contributed by atoms with Crippen molar-refractivity contribution in [3.8, 4) is 6.07 Å². The molecule has 0 saturated heterocycles. The van der Waals surface area contributed by atoms with Crippen LogP contribution in [0.15, 0.2) is 58.9 Å². The summed E-state index contributed by atoms with van der Waals surface area (Å²) in [6, 6.07) is 8.70. The number of rotatable bonds is 6. The van der Waals surface area contributed by atoms with Crippen molar-refractivity contribution in [2.75, 3.05) is 0 Å². The lowest BCUT2D eigenvalue weighted by molar-refractivity contribution is 0.179. The Morgan fingerprint density at radius 3 is 3.04 bits per heavy atom. The number of hydrazone groups is 1. The fourth-order valence-corrected chi connectivity index (χ4v) is 4.25. The van der Waals surface area contributed by atoms with Gasteiger partial charge in [0.15, 0.2) is 0 Å². The highest BCUT2D eigenvalue weighted by atomic mass is 32.2. The Labute approximate surface area is 165 Å². The van der Waals surface area contributed by atoms with Crippen LogP contribution in [0.5, 0.6) is 0 Å². The molecule has 1 aliphatic heterocycles. The molecule has 0 spiro atoms. The van der Waals surface area contributed by atoms with E-state index in [1.54, 1.807) is 18.0 Å². The average molecular weight is 380 g/mol. The van der Waals surface area contributed by atoms with Gasteiger partial charge in [0.25, 0.3) is 0 Å². The number of hydrogen-bond donors (Lipinski definition) is 1. The number of aryl methyl sites for hydroxylation is 1. The molecule has 3 rings (SSSR count). The van der Waals surface area contributed by atoms with Gasteiger partial charge in [0.05, 0.1) is 18.4 Å². The summed E-state index contributed by atoms with van der Waals surface area (Å²) >= 11 is 1.70. The van der Waals surface area contributed by atoms with E-state index < -0.39 is 0 Å². The van der Waals surface area contributed by atoms with Crippen LogP contribution in [0.25, 0.3) is 0 Å². The summed E-state index contributed by atoms with van der Waals surface area (Å²) in [4.78, 5) is 0. The predicted molar refractivity (Wildman–Crippen MR) is 112 cm³/mol. The largest absolute Gasteiger partial charge is 0.499 e. The average Bonchev–Trinajstić information content (AvgIpc) is 3.32. The molecule has 1 aromatic carbocycles. The van der Waals surface area contributed by atoms with Crippen LogP contribution < -0.4 is 5.43 Å². The summed E-state index contributed by atoms with van der Waals surface area (Å²) in [6.07, 6.45) is 11.1. The number of ether oxygens (including phenoxy) is 1. The van der Waals surface area contributed by atoms with Crippen LogP contribution in [-0.2, 0) is 17.6 Å². The molecule has 0 radical (unpaired) electrons. The molecule has 0 aromatic heterocycles. The maximum Gasteiger partial charge on any atom is 0.126 e. The van der Waals surface area contributed by atoms with Gasteiger partial charge in [-0.05, 0) is 68.9 Å². The molecule has 27 heavy (non-hydrogen) atoms. The molecule has 0 fully saturated rings. The molecule has 1 unspecified atom stereocenters. The Balaban J connectivity index is 1.78. The van der Waals surface area contributed by atoms with E-state index in [1.165, 1.54) is 23.1 Å². The zero-order valence-electron chi connectivity index (χ0n) is 16.0. The van der Waals surface area contributed by atoms with E-state index in [0.29, 0.717) is 5.57 Å². The van der Waals surface area contributed by atoms with Crippen molar-refractivity contribution in [1.29, 1.82) is 5.26 Å². The molecule has 1 heterocycles. The molecular weight excluding hydrogens is 354 g/mol. The number of nitrogens with one attached hydrogen (secondary N) is 1. The van der Waals surface area contributed by atoms with Crippen molar-refractivity contribution >= 4 is 16.8 Å². The van der Waals surface area contributed by atoms with E-state index in [0.717, 1.165) is 23.5 Å². The van der Waals surface area contributed by atoms with Gasteiger partial charge in [0.1, 0.15) is 10.4 Å². The Kier molecular flexibility index (Phi) is 6.41. The van der Waals surface area contributed by atoms with Gasteiger partial charge in [-0.1, -0.05) is 36.0 Å². The van der Waals surface area contributed by atoms with Gasteiger partial charge in [-0.3, -0.25) is 5.43 Å². The second kappa shape index (κ2) is 8.96. The topological polar surface area (TPSA) is 57.4 Å². The minimum absolute atomic E-state index is 0.0238. The van der Waals surface area contributed by atoms with E-state index >= 15 is 0 Å². The predicted octanol–water partition coefficient (Wildman–Crippen LogP) is 4.83. The van der Waals surface area contributed by atoms with Crippen molar-refractivity contribution in [1.82, 2.24) is 5.43 Å². The van der Waals surface area contributed by atoms with Crippen molar-refractivity contribution in [2.24, 2.45) is 5.10 Å². The fraction of sp³-hybridized carbons (Fsp3) is 0.364. The molecule has 2 aliphatic rings. The number of hydrogen-bond acceptors (Lipinski definition) is 5. The van der Waals surface area contributed by atoms with Gasteiger partial charge in [0.2, 0.25) is 0 Å². The van der Waals surface area contributed by atoms with Crippen LogP contribution in [-0.4, -0.2) is 16.5 Å². The lowest BCUT2D eigenvalue weighted by Crippen LogP contribution is -2.17. The minimum atomic E-state index is -0.0238. The third-order valence-electron chi connectivity index (χ3n) is 4.47. The van der Waals surface area contributed by atoms with E-state index in [4.69, 9.17) is 10.00 Å².